The Hall–Kier alpha value is -1.53. The van der Waals surface area contributed by atoms with Gasteiger partial charge in [0.25, 0.3) is 0 Å². The lowest BCUT2D eigenvalue weighted by Crippen LogP contribution is -2.37. The lowest BCUT2D eigenvalue weighted by molar-refractivity contribution is -0.186. The van der Waals surface area contributed by atoms with Crippen molar-refractivity contribution in [1.29, 1.82) is 0 Å². The van der Waals surface area contributed by atoms with Crippen molar-refractivity contribution in [1.82, 2.24) is 15.5 Å². The Bertz CT molecular complexity index is 470. The number of alkyl halides is 3. The molecule has 112 valence electrons. The third-order valence-electron chi connectivity index (χ3n) is 3.90. The standard InChI is InChI=1S/C13H18F3N3O/c1-8-10(7-18-19-8)6-17-12(20)9-3-2-4-11(5-9)13(14,15)16/h7,9,11H,2-6H2,1H3,(H,17,20)(H,18,19). The van der Waals surface area contributed by atoms with Gasteiger partial charge in [0.1, 0.15) is 0 Å². The van der Waals surface area contributed by atoms with E-state index in [1.807, 2.05) is 6.92 Å². The number of aromatic nitrogens is 2. The molecular weight excluding hydrogens is 271 g/mol. The first-order valence-corrected chi connectivity index (χ1v) is 6.71. The highest BCUT2D eigenvalue weighted by molar-refractivity contribution is 5.78. The van der Waals surface area contributed by atoms with Crippen LogP contribution in [0.3, 0.4) is 0 Å². The van der Waals surface area contributed by atoms with Gasteiger partial charge in [0, 0.05) is 23.7 Å². The second-order valence-corrected chi connectivity index (χ2v) is 5.34. The van der Waals surface area contributed by atoms with Crippen molar-refractivity contribution in [2.75, 3.05) is 0 Å². The first-order chi connectivity index (χ1) is 9.38. The third kappa shape index (κ3) is 3.52. The van der Waals surface area contributed by atoms with Crippen LogP contribution in [0.1, 0.15) is 36.9 Å². The number of H-pyrrole nitrogens is 1. The van der Waals surface area contributed by atoms with Gasteiger partial charge < -0.3 is 5.32 Å². The number of amides is 1. The summed E-state index contributed by atoms with van der Waals surface area (Å²) in [4.78, 5) is 12.0. The fourth-order valence-corrected chi connectivity index (χ4v) is 2.61. The highest BCUT2D eigenvalue weighted by atomic mass is 19.4. The SMILES string of the molecule is Cc1[nH]ncc1CNC(=O)C1CCCC(C(F)(F)F)C1. The molecule has 0 radical (unpaired) electrons. The molecule has 4 nitrogen and oxygen atoms in total. The molecule has 1 aliphatic rings. The van der Waals surface area contributed by atoms with Gasteiger partial charge in [0.05, 0.1) is 12.1 Å². The summed E-state index contributed by atoms with van der Waals surface area (Å²) < 4.78 is 38.1. The average Bonchev–Trinajstić information content (AvgIpc) is 2.81. The zero-order valence-electron chi connectivity index (χ0n) is 11.3. The van der Waals surface area contributed by atoms with Crippen molar-refractivity contribution in [3.8, 4) is 0 Å². The van der Waals surface area contributed by atoms with Crippen LogP contribution in [0.5, 0.6) is 0 Å². The molecule has 1 aromatic heterocycles. The monoisotopic (exact) mass is 289 g/mol. The van der Waals surface area contributed by atoms with Crippen molar-refractivity contribution in [2.45, 2.75) is 45.3 Å². The molecule has 0 bridgehead atoms. The first-order valence-electron chi connectivity index (χ1n) is 6.71. The van der Waals surface area contributed by atoms with E-state index in [-0.39, 0.29) is 18.7 Å². The second-order valence-electron chi connectivity index (χ2n) is 5.34. The molecule has 0 saturated heterocycles. The Kier molecular flexibility index (Phi) is 4.35. The Labute approximate surface area is 115 Å². The molecule has 1 heterocycles. The van der Waals surface area contributed by atoms with Crippen LogP contribution in [0.25, 0.3) is 0 Å². The van der Waals surface area contributed by atoms with Crippen LogP contribution in [0.4, 0.5) is 13.2 Å². The van der Waals surface area contributed by atoms with Crippen LogP contribution >= 0.6 is 0 Å². The van der Waals surface area contributed by atoms with E-state index < -0.39 is 18.0 Å². The van der Waals surface area contributed by atoms with Crippen LogP contribution in [0, 0.1) is 18.8 Å². The zero-order valence-corrected chi connectivity index (χ0v) is 11.3. The number of hydrogen-bond donors (Lipinski definition) is 2. The molecule has 0 aromatic carbocycles. The van der Waals surface area contributed by atoms with Gasteiger partial charge in [-0.05, 0) is 26.2 Å². The molecule has 0 spiro atoms. The molecular formula is C13H18F3N3O. The van der Waals surface area contributed by atoms with E-state index in [9.17, 15) is 18.0 Å². The van der Waals surface area contributed by atoms with Gasteiger partial charge in [-0.1, -0.05) is 6.42 Å². The van der Waals surface area contributed by atoms with Gasteiger partial charge in [-0.15, -0.1) is 0 Å². The van der Waals surface area contributed by atoms with E-state index >= 15 is 0 Å². The molecule has 2 rings (SSSR count). The summed E-state index contributed by atoms with van der Waals surface area (Å²) in [6, 6.07) is 0. The van der Waals surface area contributed by atoms with E-state index in [0.717, 1.165) is 11.3 Å². The maximum Gasteiger partial charge on any atom is 0.391 e. The number of aryl methyl sites for hydroxylation is 1. The van der Waals surface area contributed by atoms with Gasteiger partial charge in [-0.3, -0.25) is 9.89 Å². The molecule has 2 atom stereocenters. The molecule has 1 amide bonds. The highest BCUT2D eigenvalue weighted by Gasteiger charge is 2.43. The fourth-order valence-electron chi connectivity index (χ4n) is 2.61. The lowest BCUT2D eigenvalue weighted by Gasteiger charge is -2.29. The predicted molar refractivity (Wildman–Crippen MR) is 66.7 cm³/mol. The van der Waals surface area contributed by atoms with Crippen molar-refractivity contribution in [3.05, 3.63) is 17.5 Å². The molecule has 0 aliphatic heterocycles. The van der Waals surface area contributed by atoms with Gasteiger partial charge >= 0.3 is 6.18 Å². The van der Waals surface area contributed by atoms with Gasteiger partial charge in [0.2, 0.25) is 5.91 Å². The Morgan fingerprint density at radius 3 is 2.85 bits per heavy atom. The van der Waals surface area contributed by atoms with Crippen LogP contribution in [-0.4, -0.2) is 22.3 Å². The summed E-state index contributed by atoms with van der Waals surface area (Å²) in [7, 11) is 0. The van der Waals surface area contributed by atoms with E-state index in [1.165, 1.54) is 0 Å². The van der Waals surface area contributed by atoms with E-state index in [4.69, 9.17) is 0 Å². The van der Waals surface area contributed by atoms with E-state index in [1.54, 1.807) is 6.20 Å². The molecule has 2 unspecified atom stereocenters. The number of carbonyl (C=O) groups is 1. The topological polar surface area (TPSA) is 57.8 Å². The third-order valence-corrected chi connectivity index (χ3v) is 3.90. The molecule has 7 heteroatoms. The Morgan fingerprint density at radius 1 is 1.50 bits per heavy atom. The minimum Gasteiger partial charge on any atom is -0.352 e. The number of rotatable bonds is 3. The van der Waals surface area contributed by atoms with Crippen molar-refractivity contribution in [2.24, 2.45) is 11.8 Å². The predicted octanol–water partition coefficient (Wildman–Crippen LogP) is 2.70. The van der Waals surface area contributed by atoms with Crippen molar-refractivity contribution < 1.29 is 18.0 Å². The van der Waals surface area contributed by atoms with E-state index in [2.05, 4.69) is 15.5 Å². The summed E-state index contributed by atoms with van der Waals surface area (Å²) in [6.07, 6.45) is -1.57. The summed E-state index contributed by atoms with van der Waals surface area (Å²) >= 11 is 0. The number of aromatic amines is 1. The quantitative estimate of drug-likeness (QED) is 0.899. The normalized spacial score (nSPS) is 23.6. The summed E-state index contributed by atoms with van der Waals surface area (Å²) in [5.74, 6) is -2.18. The molecule has 20 heavy (non-hydrogen) atoms. The number of carbonyl (C=O) groups excluding carboxylic acids is 1. The maximum absolute atomic E-state index is 12.7. The zero-order chi connectivity index (χ0) is 14.8. The fraction of sp³-hybridized carbons (Fsp3) is 0.692. The highest BCUT2D eigenvalue weighted by Crippen LogP contribution is 2.39. The number of nitrogens with zero attached hydrogens (tertiary/aromatic N) is 1. The van der Waals surface area contributed by atoms with Gasteiger partial charge in [-0.2, -0.15) is 18.3 Å². The summed E-state index contributed by atoms with van der Waals surface area (Å²) in [6.45, 7) is 2.13. The van der Waals surface area contributed by atoms with Crippen LogP contribution in [-0.2, 0) is 11.3 Å². The molecule has 1 aromatic rings. The van der Waals surface area contributed by atoms with Gasteiger partial charge in [-0.25, -0.2) is 0 Å². The van der Waals surface area contributed by atoms with Crippen molar-refractivity contribution >= 4 is 5.91 Å². The Balaban J connectivity index is 1.88. The minimum absolute atomic E-state index is 0.0975. The van der Waals surface area contributed by atoms with E-state index in [0.29, 0.717) is 19.4 Å². The average molecular weight is 289 g/mol. The second kappa shape index (κ2) is 5.85. The van der Waals surface area contributed by atoms with Crippen LogP contribution < -0.4 is 5.32 Å². The van der Waals surface area contributed by atoms with Crippen LogP contribution in [0.2, 0.25) is 0 Å². The maximum atomic E-state index is 12.7. The van der Waals surface area contributed by atoms with Crippen LogP contribution in [0.15, 0.2) is 6.20 Å². The summed E-state index contributed by atoms with van der Waals surface area (Å²) in [5.41, 5.74) is 1.70. The smallest absolute Gasteiger partial charge is 0.352 e. The number of halogens is 3. The number of nitrogens with one attached hydrogen (secondary N) is 2. The lowest BCUT2D eigenvalue weighted by atomic mass is 9.80. The molecule has 1 aliphatic carbocycles. The minimum atomic E-state index is -4.19. The largest absolute Gasteiger partial charge is 0.391 e. The first kappa shape index (κ1) is 14.9. The molecule has 1 saturated carbocycles. The van der Waals surface area contributed by atoms with Crippen molar-refractivity contribution in [3.63, 3.8) is 0 Å². The molecule has 2 N–H and O–H groups in total. The number of hydrogen-bond acceptors (Lipinski definition) is 2. The summed E-state index contributed by atoms with van der Waals surface area (Å²) in [5, 5.41) is 9.28. The van der Waals surface area contributed by atoms with Gasteiger partial charge in [0.15, 0.2) is 0 Å². The Morgan fingerprint density at radius 2 is 2.25 bits per heavy atom. The molecule has 1 fully saturated rings.